The number of likely N-dealkylation sites (tertiary alicyclic amines) is 1. The van der Waals surface area contributed by atoms with Crippen LogP contribution < -0.4 is 5.32 Å². The molecule has 0 spiro atoms. The van der Waals surface area contributed by atoms with Crippen LogP contribution in [0.1, 0.15) is 46.5 Å². The lowest BCUT2D eigenvalue weighted by molar-refractivity contribution is 0.0182. The predicted octanol–water partition coefficient (Wildman–Crippen LogP) is 1.75. The van der Waals surface area contributed by atoms with Gasteiger partial charge in [-0.25, -0.2) is 4.79 Å². The van der Waals surface area contributed by atoms with Gasteiger partial charge >= 0.3 is 6.09 Å². The van der Waals surface area contributed by atoms with Crippen LogP contribution in [0.5, 0.6) is 0 Å². The molecule has 1 saturated carbocycles. The number of aliphatic hydroxyl groups excluding tert-OH is 1. The molecule has 2 rings (SSSR count). The minimum Gasteiger partial charge on any atom is -0.444 e. The van der Waals surface area contributed by atoms with Crippen molar-refractivity contribution in [1.29, 1.82) is 0 Å². The SMILES string of the molecule is CC(C)(C)OC(=O)N1CCC(NCC2CC(O)C2)CC1. The Morgan fingerprint density at radius 3 is 2.40 bits per heavy atom. The molecule has 5 heteroatoms. The van der Waals surface area contributed by atoms with Crippen molar-refractivity contribution >= 4 is 6.09 Å². The van der Waals surface area contributed by atoms with Crippen molar-refractivity contribution in [1.82, 2.24) is 10.2 Å². The van der Waals surface area contributed by atoms with Crippen molar-refractivity contribution in [2.75, 3.05) is 19.6 Å². The Morgan fingerprint density at radius 2 is 1.90 bits per heavy atom. The topological polar surface area (TPSA) is 61.8 Å². The van der Waals surface area contributed by atoms with E-state index in [2.05, 4.69) is 5.32 Å². The van der Waals surface area contributed by atoms with Crippen molar-refractivity contribution in [3.05, 3.63) is 0 Å². The number of nitrogens with one attached hydrogen (secondary N) is 1. The Bertz CT molecular complexity index is 327. The van der Waals surface area contributed by atoms with E-state index in [-0.39, 0.29) is 12.2 Å². The smallest absolute Gasteiger partial charge is 0.410 e. The van der Waals surface area contributed by atoms with Gasteiger partial charge in [0.25, 0.3) is 0 Å². The average molecular weight is 284 g/mol. The summed E-state index contributed by atoms with van der Waals surface area (Å²) in [5.74, 6) is 0.633. The summed E-state index contributed by atoms with van der Waals surface area (Å²) in [6.07, 6.45) is 3.56. The number of aliphatic hydroxyl groups is 1. The molecule has 2 aliphatic rings. The molecule has 1 heterocycles. The van der Waals surface area contributed by atoms with Gasteiger partial charge in [-0.3, -0.25) is 0 Å². The maximum atomic E-state index is 11.9. The van der Waals surface area contributed by atoms with E-state index < -0.39 is 5.60 Å². The fraction of sp³-hybridized carbons (Fsp3) is 0.933. The third-order valence-electron chi connectivity index (χ3n) is 4.05. The monoisotopic (exact) mass is 284 g/mol. The highest BCUT2D eigenvalue weighted by Gasteiger charge is 2.29. The van der Waals surface area contributed by atoms with Crippen LogP contribution in [0, 0.1) is 5.92 Å². The van der Waals surface area contributed by atoms with Gasteiger partial charge < -0.3 is 20.1 Å². The standard InChI is InChI=1S/C15H28N2O3/c1-15(2,3)20-14(19)17-6-4-12(5-7-17)16-10-11-8-13(18)9-11/h11-13,16,18H,4-10H2,1-3H3. The minimum atomic E-state index is -0.419. The molecule has 2 N–H and O–H groups in total. The molecule has 1 amide bonds. The number of hydrogen-bond acceptors (Lipinski definition) is 4. The molecule has 1 aliphatic carbocycles. The van der Waals surface area contributed by atoms with Crippen LogP contribution in [0.15, 0.2) is 0 Å². The molecule has 0 aromatic heterocycles. The van der Waals surface area contributed by atoms with Crippen LogP contribution in [0.2, 0.25) is 0 Å². The second-order valence-electron chi connectivity index (χ2n) is 7.14. The van der Waals surface area contributed by atoms with E-state index in [1.165, 1.54) is 0 Å². The lowest BCUT2D eigenvalue weighted by Gasteiger charge is -2.36. The summed E-state index contributed by atoms with van der Waals surface area (Å²) >= 11 is 0. The van der Waals surface area contributed by atoms with Gasteiger partial charge in [0.05, 0.1) is 6.10 Å². The average Bonchev–Trinajstić information content (AvgIpc) is 2.32. The molecule has 0 radical (unpaired) electrons. The Hall–Kier alpha value is -0.810. The van der Waals surface area contributed by atoms with Gasteiger partial charge in [0.1, 0.15) is 5.60 Å². The van der Waals surface area contributed by atoms with Crippen LogP contribution in [0.4, 0.5) is 4.79 Å². The molecular formula is C15H28N2O3. The Balaban J connectivity index is 1.63. The van der Waals surface area contributed by atoms with E-state index in [0.717, 1.165) is 45.3 Å². The maximum Gasteiger partial charge on any atom is 0.410 e. The van der Waals surface area contributed by atoms with Gasteiger partial charge in [0, 0.05) is 19.1 Å². The van der Waals surface area contributed by atoms with Crippen molar-refractivity contribution in [2.45, 2.75) is 64.2 Å². The van der Waals surface area contributed by atoms with E-state index in [1.54, 1.807) is 4.90 Å². The zero-order valence-electron chi connectivity index (χ0n) is 12.9. The molecule has 116 valence electrons. The third-order valence-corrected chi connectivity index (χ3v) is 4.05. The molecule has 0 unspecified atom stereocenters. The fourth-order valence-electron chi connectivity index (χ4n) is 2.79. The zero-order chi connectivity index (χ0) is 14.8. The number of carbonyl (C=O) groups is 1. The number of ether oxygens (including phenoxy) is 1. The summed E-state index contributed by atoms with van der Waals surface area (Å²) in [6.45, 7) is 8.21. The number of piperidine rings is 1. The quantitative estimate of drug-likeness (QED) is 0.829. The molecule has 5 nitrogen and oxygen atoms in total. The molecule has 0 aromatic carbocycles. The summed E-state index contributed by atoms with van der Waals surface area (Å²) in [4.78, 5) is 13.7. The van der Waals surface area contributed by atoms with Gasteiger partial charge in [-0.15, -0.1) is 0 Å². The van der Waals surface area contributed by atoms with Crippen molar-refractivity contribution in [2.24, 2.45) is 5.92 Å². The molecule has 0 atom stereocenters. The van der Waals surface area contributed by atoms with E-state index in [9.17, 15) is 9.90 Å². The van der Waals surface area contributed by atoms with Gasteiger partial charge in [0.2, 0.25) is 0 Å². The molecule has 0 aromatic rings. The van der Waals surface area contributed by atoms with Gasteiger partial charge in [-0.2, -0.15) is 0 Å². The van der Waals surface area contributed by atoms with Crippen molar-refractivity contribution in [3.8, 4) is 0 Å². The second kappa shape index (κ2) is 6.31. The first-order chi connectivity index (χ1) is 9.33. The van der Waals surface area contributed by atoms with Gasteiger partial charge in [-0.05, 0) is 58.9 Å². The number of amides is 1. The maximum absolute atomic E-state index is 11.9. The number of rotatable bonds is 3. The van der Waals surface area contributed by atoms with E-state index in [4.69, 9.17) is 4.74 Å². The van der Waals surface area contributed by atoms with Crippen LogP contribution in [-0.2, 0) is 4.74 Å². The molecule has 0 bridgehead atoms. The lowest BCUT2D eigenvalue weighted by Crippen LogP contribution is -2.48. The molecule has 1 aliphatic heterocycles. The summed E-state index contributed by atoms with van der Waals surface area (Å²) < 4.78 is 5.39. The summed E-state index contributed by atoms with van der Waals surface area (Å²) in [5, 5.41) is 12.8. The van der Waals surface area contributed by atoms with Gasteiger partial charge in [-0.1, -0.05) is 0 Å². The van der Waals surface area contributed by atoms with Crippen LogP contribution in [0.25, 0.3) is 0 Å². The normalized spacial score (nSPS) is 28.1. The minimum absolute atomic E-state index is 0.0733. The summed E-state index contributed by atoms with van der Waals surface area (Å²) in [5.41, 5.74) is -0.419. The van der Waals surface area contributed by atoms with Gasteiger partial charge in [0.15, 0.2) is 0 Å². The number of hydrogen-bond donors (Lipinski definition) is 2. The van der Waals surface area contributed by atoms with Crippen LogP contribution >= 0.6 is 0 Å². The molecule has 20 heavy (non-hydrogen) atoms. The zero-order valence-corrected chi connectivity index (χ0v) is 12.9. The molecular weight excluding hydrogens is 256 g/mol. The Kier molecular flexibility index (Phi) is 4.91. The predicted molar refractivity (Wildman–Crippen MR) is 77.6 cm³/mol. The first-order valence-corrected chi connectivity index (χ1v) is 7.73. The summed E-state index contributed by atoms with van der Waals surface area (Å²) in [7, 11) is 0. The lowest BCUT2D eigenvalue weighted by atomic mass is 9.82. The second-order valence-corrected chi connectivity index (χ2v) is 7.14. The van der Waals surface area contributed by atoms with E-state index >= 15 is 0 Å². The highest BCUT2D eigenvalue weighted by molar-refractivity contribution is 5.68. The molecule has 1 saturated heterocycles. The number of nitrogens with zero attached hydrogens (tertiary/aromatic N) is 1. The first kappa shape index (κ1) is 15.6. The van der Waals surface area contributed by atoms with Crippen molar-refractivity contribution < 1.29 is 14.6 Å². The van der Waals surface area contributed by atoms with Crippen molar-refractivity contribution in [3.63, 3.8) is 0 Å². The van der Waals surface area contributed by atoms with Crippen LogP contribution in [0.3, 0.4) is 0 Å². The number of carbonyl (C=O) groups excluding carboxylic acids is 1. The highest BCUT2D eigenvalue weighted by atomic mass is 16.6. The Morgan fingerprint density at radius 1 is 1.30 bits per heavy atom. The fourth-order valence-corrected chi connectivity index (χ4v) is 2.79. The molecule has 2 fully saturated rings. The highest BCUT2D eigenvalue weighted by Crippen LogP contribution is 2.26. The largest absolute Gasteiger partial charge is 0.444 e. The third kappa shape index (κ3) is 4.63. The van der Waals surface area contributed by atoms with E-state index in [1.807, 2.05) is 20.8 Å². The van der Waals surface area contributed by atoms with E-state index in [0.29, 0.717) is 12.0 Å². The van der Waals surface area contributed by atoms with Crippen LogP contribution in [-0.4, -0.2) is 53.5 Å². The Labute approximate surface area is 121 Å². The first-order valence-electron chi connectivity index (χ1n) is 7.73. The summed E-state index contributed by atoms with van der Waals surface area (Å²) in [6, 6.07) is 0.492.